The molecule has 0 aliphatic carbocycles. The standard InChI is InChI=1S/C22H31N3O2/c1-5-11-24-13-10-16-14-18(8-9-19(16)24)23-20(26)17-7-6-12-25(15-17)21(27)22(2,3)4/h8-10,13-14,17H,5-7,11-12,15H2,1-4H3,(H,23,26)/t17-/m1/s1. The summed E-state index contributed by atoms with van der Waals surface area (Å²) in [6, 6.07) is 8.15. The van der Waals surface area contributed by atoms with Crippen LogP contribution in [0.3, 0.4) is 0 Å². The highest BCUT2D eigenvalue weighted by Crippen LogP contribution is 2.25. The Kier molecular flexibility index (Phi) is 5.59. The molecule has 1 aliphatic heterocycles. The van der Waals surface area contributed by atoms with Crippen LogP contribution in [0.5, 0.6) is 0 Å². The Balaban J connectivity index is 1.68. The number of carbonyl (C=O) groups excluding carboxylic acids is 2. The van der Waals surface area contributed by atoms with Crippen molar-refractivity contribution < 1.29 is 9.59 Å². The van der Waals surface area contributed by atoms with E-state index in [9.17, 15) is 9.59 Å². The maximum atomic E-state index is 12.8. The largest absolute Gasteiger partial charge is 0.347 e. The number of amides is 2. The number of benzene rings is 1. The van der Waals surface area contributed by atoms with E-state index in [0.717, 1.165) is 43.4 Å². The molecular formula is C22H31N3O2. The molecule has 27 heavy (non-hydrogen) atoms. The van der Waals surface area contributed by atoms with E-state index in [1.807, 2.05) is 37.8 Å². The highest BCUT2D eigenvalue weighted by molar-refractivity contribution is 5.95. The van der Waals surface area contributed by atoms with Crippen LogP contribution < -0.4 is 5.32 Å². The van der Waals surface area contributed by atoms with Crippen molar-refractivity contribution in [3.8, 4) is 0 Å². The molecule has 2 amide bonds. The second kappa shape index (κ2) is 7.75. The second-order valence-corrected chi connectivity index (χ2v) is 8.61. The minimum atomic E-state index is -0.408. The summed E-state index contributed by atoms with van der Waals surface area (Å²) >= 11 is 0. The van der Waals surface area contributed by atoms with Crippen LogP contribution in [0.4, 0.5) is 5.69 Å². The van der Waals surface area contributed by atoms with Crippen LogP contribution in [0, 0.1) is 11.3 Å². The predicted octanol–water partition coefficient (Wildman–Crippen LogP) is 4.27. The van der Waals surface area contributed by atoms with E-state index < -0.39 is 5.41 Å². The molecule has 2 aromatic rings. The molecule has 1 aliphatic rings. The molecule has 0 saturated carbocycles. The maximum Gasteiger partial charge on any atom is 0.229 e. The van der Waals surface area contributed by atoms with Crippen molar-refractivity contribution >= 4 is 28.4 Å². The predicted molar refractivity (Wildman–Crippen MR) is 110 cm³/mol. The molecule has 1 aromatic carbocycles. The Morgan fingerprint density at radius 2 is 2.00 bits per heavy atom. The molecule has 1 saturated heterocycles. The quantitative estimate of drug-likeness (QED) is 0.875. The summed E-state index contributed by atoms with van der Waals surface area (Å²) in [5.41, 5.74) is 1.60. The van der Waals surface area contributed by atoms with Crippen molar-refractivity contribution in [2.24, 2.45) is 11.3 Å². The molecule has 0 bridgehead atoms. The average molecular weight is 370 g/mol. The summed E-state index contributed by atoms with van der Waals surface area (Å²) in [7, 11) is 0. The van der Waals surface area contributed by atoms with Gasteiger partial charge in [-0.1, -0.05) is 27.7 Å². The first kappa shape index (κ1) is 19.5. The van der Waals surface area contributed by atoms with E-state index in [0.29, 0.717) is 6.54 Å². The third kappa shape index (κ3) is 4.34. The zero-order valence-corrected chi connectivity index (χ0v) is 16.9. The van der Waals surface area contributed by atoms with Crippen LogP contribution in [0.1, 0.15) is 47.0 Å². The van der Waals surface area contributed by atoms with E-state index >= 15 is 0 Å². The number of hydrogen-bond donors (Lipinski definition) is 1. The minimum Gasteiger partial charge on any atom is -0.347 e. The van der Waals surface area contributed by atoms with Crippen molar-refractivity contribution in [1.82, 2.24) is 9.47 Å². The van der Waals surface area contributed by atoms with E-state index in [2.05, 4.69) is 35.1 Å². The number of aryl methyl sites for hydroxylation is 1. The van der Waals surface area contributed by atoms with E-state index in [1.165, 1.54) is 5.52 Å². The molecule has 3 rings (SSSR count). The molecule has 1 atom stereocenters. The Morgan fingerprint density at radius 3 is 2.70 bits per heavy atom. The summed E-state index contributed by atoms with van der Waals surface area (Å²) < 4.78 is 2.23. The van der Waals surface area contributed by atoms with Crippen molar-refractivity contribution in [3.63, 3.8) is 0 Å². The van der Waals surface area contributed by atoms with Gasteiger partial charge in [-0.15, -0.1) is 0 Å². The molecular weight excluding hydrogens is 338 g/mol. The number of likely N-dealkylation sites (tertiary alicyclic amines) is 1. The van der Waals surface area contributed by atoms with Gasteiger partial charge < -0.3 is 14.8 Å². The lowest BCUT2D eigenvalue weighted by Gasteiger charge is -2.35. The smallest absolute Gasteiger partial charge is 0.229 e. The maximum absolute atomic E-state index is 12.8. The summed E-state index contributed by atoms with van der Waals surface area (Å²) in [5.74, 6) is -0.0159. The van der Waals surface area contributed by atoms with Gasteiger partial charge in [-0.25, -0.2) is 0 Å². The van der Waals surface area contributed by atoms with E-state index in [-0.39, 0.29) is 17.7 Å². The number of carbonyl (C=O) groups is 2. The van der Waals surface area contributed by atoms with Crippen LogP contribution in [-0.2, 0) is 16.1 Å². The first-order chi connectivity index (χ1) is 12.8. The number of nitrogens with one attached hydrogen (secondary N) is 1. The number of piperidine rings is 1. The Labute approximate surface area is 161 Å². The van der Waals surface area contributed by atoms with E-state index in [4.69, 9.17) is 0 Å². The van der Waals surface area contributed by atoms with Gasteiger partial charge in [-0.3, -0.25) is 9.59 Å². The number of anilines is 1. The number of aromatic nitrogens is 1. The number of rotatable bonds is 4. The minimum absolute atomic E-state index is 0.00810. The van der Waals surface area contributed by atoms with Gasteiger partial charge in [0.1, 0.15) is 0 Å². The lowest BCUT2D eigenvalue weighted by Crippen LogP contribution is -2.47. The first-order valence-electron chi connectivity index (χ1n) is 9.98. The van der Waals surface area contributed by atoms with Gasteiger partial charge in [0.2, 0.25) is 11.8 Å². The molecule has 5 heteroatoms. The topological polar surface area (TPSA) is 54.3 Å². The fourth-order valence-electron chi connectivity index (χ4n) is 3.81. The van der Waals surface area contributed by atoms with Gasteiger partial charge in [0, 0.05) is 47.8 Å². The molecule has 146 valence electrons. The molecule has 0 unspecified atom stereocenters. The lowest BCUT2D eigenvalue weighted by atomic mass is 9.91. The molecule has 1 aromatic heterocycles. The monoisotopic (exact) mass is 369 g/mol. The van der Waals surface area contributed by atoms with Crippen LogP contribution in [0.15, 0.2) is 30.5 Å². The van der Waals surface area contributed by atoms with Crippen molar-refractivity contribution in [1.29, 1.82) is 0 Å². The molecule has 1 fully saturated rings. The van der Waals surface area contributed by atoms with Crippen LogP contribution in [0.25, 0.3) is 10.9 Å². The first-order valence-corrected chi connectivity index (χ1v) is 9.98. The Morgan fingerprint density at radius 1 is 1.22 bits per heavy atom. The van der Waals surface area contributed by atoms with Gasteiger partial charge in [0.15, 0.2) is 0 Å². The van der Waals surface area contributed by atoms with Gasteiger partial charge in [0.05, 0.1) is 5.92 Å². The number of nitrogens with zero attached hydrogens (tertiary/aromatic N) is 2. The van der Waals surface area contributed by atoms with E-state index in [1.54, 1.807) is 0 Å². The van der Waals surface area contributed by atoms with Crippen molar-refractivity contribution in [3.05, 3.63) is 30.5 Å². The fraction of sp³-hybridized carbons (Fsp3) is 0.545. The molecule has 0 spiro atoms. The zero-order valence-electron chi connectivity index (χ0n) is 16.9. The average Bonchev–Trinajstić information content (AvgIpc) is 3.03. The molecule has 1 N–H and O–H groups in total. The normalized spacial score (nSPS) is 17.9. The third-order valence-electron chi connectivity index (χ3n) is 5.22. The third-order valence-corrected chi connectivity index (χ3v) is 5.22. The van der Waals surface area contributed by atoms with Gasteiger partial charge in [0.25, 0.3) is 0 Å². The summed E-state index contributed by atoms with van der Waals surface area (Å²) in [4.78, 5) is 27.2. The number of hydrogen-bond acceptors (Lipinski definition) is 2. The van der Waals surface area contributed by atoms with Gasteiger partial charge in [-0.05, 0) is 43.5 Å². The molecule has 2 heterocycles. The zero-order chi connectivity index (χ0) is 19.6. The van der Waals surface area contributed by atoms with Crippen LogP contribution in [0.2, 0.25) is 0 Å². The fourth-order valence-corrected chi connectivity index (χ4v) is 3.81. The summed E-state index contributed by atoms with van der Waals surface area (Å²) in [5, 5.41) is 4.19. The second-order valence-electron chi connectivity index (χ2n) is 8.61. The van der Waals surface area contributed by atoms with Crippen molar-refractivity contribution in [2.45, 2.75) is 53.5 Å². The SMILES string of the molecule is CCCn1ccc2cc(NC(=O)[C@@H]3CCCN(C(=O)C(C)(C)C)C3)ccc21. The number of fused-ring (bicyclic) bond motifs is 1. The van der Waals surface area contributed by atoms with Crippen molar-refractivity contribution in [2.75, 3.05) is 18.4 Å². The Bertz CT molecular complexity index is 832. The van der Waals surface area contributed by atoms with Crippen LogP contribution >= 0.6 is 0 Å². The summed E-state index contributed by atoms with van der Waals surface area (Å²) in [6.07, 6.45) is 4.89. The highest BCUT2D eigenvalue weighted by Gasteiger charge is 2.33. The Hall–Kier alpha value is -2.30. The lowest BCUT2D eigenvalue weighted by molar-refractivity contribution is -0.142. The summed E-state index contributed by atoms with van der Waals surface area (Å²) in [6.45, 7) is 10.2. The molecule has 5 nitrogen and oxygen atoms in total. The highest BCUT2D eigenvalue weighted by atomic mass is 16.2. The van der Waals surface area contributed by atoms with Gasteiger partial charge >= 0.3 is 0 Å². The van der Waals surface area contributed by atoms with Gasteiger partial charge in [-0.2, -0.15) is 0 Å². The van der Waals surface area contributed by atoms with Crippen LogP contribution in [-0.4, -0.2) is 34.4 Å². The molecule has 0 radical (unpaired) electrons.